The van der Waals surface area contributed by atoms with Crippen molar-refractivity contribution in [1.29, 1.82) is 0 Å². The third-order valence-corrected chi connectivity index (χ3v) is 7.34. The van der Waals surface area contributed by atoms with Gasteiger partial charge in [-0.15, -0.1) is 0 Å². The van der Waals surface area contributed by atoms with Crippen LogP contribution in [0.15, 0.2) is 78.1 Å². The second-order valence-electron chi connectivity index (χ2n) is 10.3. The molecule has 0 bridgehead atoms. The van der Waals surface area contributed by atoms with Gasteiger partial charge < -0.3 is 20.0 Å². The van der Waals surface area contributed by atoms with Gasteiger partial charge in [-0.2, -0.15) is 5.10 Å². The van der Waals surface area contributed by atoms with Crippen molar-refractivity contribution in [3.8, 4) is 5.69 Å². The van der Waals surface area contributed by atoms with E-state index in [1.165, 1.54) is 29.2 Å². The molecule has 41 heavy (non-hydrogen) atoms. The number of pyridine rings is 1. The van der Waals surface area contributed by atoms with Gasteiger partial charge in [-0.25, -0.2) is 8.78 Å². The highest BCUT2D eigenvalue weighted by Crippen LogP contribution is 2.23. The number of carbonyl (C=O) groups excluding carboxylic acids is 1. The van der Waals surface area contributed by atoms with E-state index in [1.54, 1.807) is 17.0 Å². The molecule has 0 spiro atoms. The van der Waals surface area contributed by atoms with E-state index in [0.717, 1.165) is 61.1 Å². The lowest BCUT2D eigenvalue weighted by molar-refractivity contribution is 0.0792. The molecule has 1 aliphatic rings. The summed E-state index contributed by atoms with van der Waals surface area (Å²) in [7, 11) is 0. The number of hydrogen-bond acceptors (Lipinski definition) is 5. The zero-order valence-corrected chi connectivity index (χ0v) is 22.1. The second-order valence-corrected chi connectivity index (χ2v) is 10.3. The summed E-state index contributed by atoms with van der Waals surface area (Å²) in [6.07, 6.45) is 7.54. The lowest BCUT2D eigenvalue weighted by Crippen LogP contribution is -2.35. The lowest BCUT2D eigenvalue weighted by atomic mass is 10.1. The number of anilines is 1. The molecule has 3 N–H and O–H groups in total. The predicted octanol–water partition coefficient (Wildman–Crippen LogP) is 4.05. The number of hydrogen-bond donors (Lipinski definition) is 3. The minimum absolute atomic E-state index is 0.194. The molecule has 5 aromatic rings. The van der Waals surface area contributed by atoms with E-state index in [9.17, 15) is 23.5 Å². The standard InChI is InChI=1S/C30H28F2N6O3/c31-25-3-1-20(12-26(25)32)17-37-18-23(15-34-37)35-29(40)22-13-28(30(41)33-14-22)38-10-5-21-11-19(2-4-27(21)38)16-36-8-6-24(39)7-9-36/h1-5,10-15,18,24,39H,6-9,16-17H2,(H,33,41)(H,35,40). The summed E-state index contributed by atoms with van der Waals surface area (Å²) in [5.74, 6) is -2.30. The van der Waals surface area contributed by atoms with Gasteiger partial charge >= 0.3 is 0 Å². The van der Waals surface area contributed by atoms with Gasteiger partial charge in [0.15, 0.2) is 11.6 Å². The maximum atomic E-state index is 13.5. The van der Waals surface area contributed by atoms with E-state index in [1.807, 2.05) is 18.2 Å². The van der Waals surface area contributed by atoms with E-state index in [0.29, 0.717) is 16.9 Å². The molecule has 3 aromatic heterocycles. The molecular weight excluding hydrogens is 530 g/mol. The SMILES string of the molecule is O=C(Nc1cnn(Cc2ccc(F)c(F)c2)c1)c1c[nH]c(=O)c(-n2ccc3cc(CN4CCC(O)CC4)ccc32)c1. The summed E-state index contributed by atoms with van der Waals surface area (Å²) in [6, 6.07) is 13.2. The van der Waals surface area contributed by atoms with E-state index >= 15 is 0 Å². The summed E-state index contributed by atoms with van der Waals surface area (Å²) in [5.41, 5.74) is 3.13. The van der Waals surface area contributed by atoms with Crippen molar-refractivity contribution in [3.63, 3.8) is 0 Å². The van der Waals surface area contributed by atoms with Crippen LogP contribution in [0.2, 0.25) is 0 Å². The topological polar surface area (TPSA) is 108 Å². The first-order chi connectivity index (χ1) is 19.8. The number of nitrogens with one attached hydrogen (secondary N) is 2. The first-order valence-electron chi connectivity index (χ1n) is 13.3. The fraction of sp³-hybridized carbons (Fsp3) is 0.233. The van der Waals surface area contributed by atoms with Crippen LogP contribution in [0.5, 0.6) is 0 Å². The van der Waals surface area contributed by atoms with Crippen LogP contribution in [-0.4, -0.2) is 54.4 Å². The minimum Gasteiger partial charge on any atom is -0.393 e. The minimum atomic E-state index is -0.938. The van der Waals surface area contributed by atoms with E-state index < -0.39 is 17.5 Å². The quantitative estimate of drug-likeness (QED) is 0.279. The summed E-state index contributed by atoms with van der Waals surface area (Å²) in [4.78, 5) is 30.8. The van der Waals surface area contributed by atoms with Crippen molar-refractivity contribution >= 4 is 22.5 Å². The number of aliphatic hydroxyl groups is 1. The van der Waals surface area contributed by atoms with Gasteiger partial charge in [0, 0.05) is 43.6 Å². The maximum absolute atomic E-state index is 13.5. The van der Waals surface area contributed by atoms with Gasteiger partial charge in [0.25, 0.3) is 11.5 Å². The Morgan fingerprint density at radius 1 is 1.02 bits per heavy atom. The van der Waals surface area contributed by atoms with E-state index in [-0.39, 0.29) is 23.8 Å². The van der Waals surface area contributed by atoms with Crippen molar-refractivity contribution in [2.75, 3.05) is 18.4 Å². The Balaban J connectivity index is 1.17. The Kier molecular flexibility index (Phi) is 7.21. The molecule has 0 atom stereocenters. The number of H-pyrrole nitrogens is 1. The molecule has 9 nitrogen and oxygen atoms in total. The van der Waals surface area contributed by atoms with E-state index in [2.05, 4.69) is 26.4 Å². The highest BCUT2D eigenvalue weighted by molar-refractivity contribution is 6.04. The van der Waals surface area contributed by atoms with E-state index in [4.69, 9.17) is 0 Å². The van der Waals surface area contributed by atoms with Crippen LogP contribution in [-0.2, 0) is 13.1 Å². The van der Waals surface area contributed by atoms with Gasteiger partial charge in [-0.3, -0.25) is 19.2 Å². The van der Waals surface area contributed by atoms with Gasteiger partial charge in [0.2, 0.25) is 0 Å². The smallest absolute Gasteiger partial charge is 0.272 e. The van der Waals surface area contributed by atoms with Crippen molar-refractivity contribution in [3.05, 3.63) is 112 Å². The highest BCUT2D eigenvalue weighted by Gasteiger charge is 2.18. The Morgan fingerprint density at radius 3 is 2.61 bits per heavy atom. The summed E-state index contributed by atoms with van der Waals surface area (Å²) < 4.78 is 30.0. The van der Waals surface area contributed by atoms with Crippen molar-refractivity contribution in [2.24, 2.45) is 0 Å². The summed E-state index contributed by atoms with van der Waals surface area (Å²) in [5, 5.41) is 17.7. The maximum Gasteiger partial charge on any atom is 0.272 e. The van der Waals surface area contributed by atoms with Crippen LogP contribution in [0.1, 0.15) is 34.3 Å². The Morgan fingerprint density at radius 2 is 1.80 bits per heavy atom. The number of aliphatic hydroxyl groups excluding tert-OH is 1. The third-order valence-electron chi connectivity index (χ3n) is 7.34. The first-order valence-corrected chi connectivity index (χ1v) is 13.3. The van der Waals surface area contributed by atoms with Crippen LogP contribution in [0.4, 0.5) is 14.5 Å². The number of fused-ring (bicyclic) bond motifs is 1. The van der Waals surface area contributed by atoms with Crippen LogP contribution in [0.25, 0.3) is 16.6 Å². The summed E-state index contributed by atoms with van der Waals surface area (Å²) in [6.45, 7) is 2.71. The number of amides is 1. The molecule has 0 aliphatic carbocycles. The number of piperidine rings is 1. The highest BCUT2D eigenvalue weighted by atomic mass is 19.2. The Labute approximate surface area is 233 Å². The zero-order valence-electron chi connectivity index (χ0n) is 22.1. The number of aromatic nitrogens is 4. The van der Waals surface area contributed by atoms with Crippen LogP contribution >= 0.6 is 0 Å². The number of nitrogens with zero attached hydrogens (tertiary/aromatic N) is 4. The molecule has 2 aromatic carbocycles. The number of likely N-dealkylation sites (tertiary alicyclic amines) is 1. The average Bonchev–Trinajstić information content (AvgIpc) is 3.58. The Hall–Kier alpha value is -4.61. The largest absolute Gasteiger partial charge is 0.393 e. The monoisotopic (exact) mass is 558 g/mol. The second kappa shape index (κ2) is 11.1. The van der Waals surface area contributed by atoms with Crippen molar-refractivity contribution < 1.29 is 18.7 Å². The fourth-order valence-corrected chi connectivity index (χ4v) is 5.16. The molecule has 1 saturated heterocycles. The first kappa shape index (κ1) is 26.6. The number of rotatable bonds is 7. The molecule has 4 heterocycles. The third kappa shape index (κ3) is 5.81. The molecule has 1 amide bonds. The van der Waals surface area contributed by atoms with Crippen LogP contribution in [0.3, 0.4) is 0 Å². The lowest BCUT2D eigenvalue weighted by Gasteiger charge is -2.29. The van der Waals surface area contributed by atoms with Crippen molar-refractivity contribution in [1.82, 2.24) is 24.2 Å². The molecular formula is C30H28F2N6O3. The molecule has 1 fully saturated rings. The van der Waals surface area contributed by atoms with Gasteiger partial charge in [-0.05, 0) is 60.4 Å². The number of carbonyl (C=O) groups is 1. The zero-order chi connectivity index (χ0) is 28.5. The molecule has 0 saturated carbocycles. The summed E-state index contributed by atoms with van der Waals surface area (Å²) >= 11 is 0. The van der Waals surface area contributed by atoms with Crippen molar-refractivity contribution in [2.45, 2.75) is 32.0 Å². The molecule has 1 aliphatic heterocycles. The number of halogens is 2. The molecule has 210 valence electrons. The van der Waals surface area contributed by atoms with Gasteiger partial charge in [0.1, 0.15) is 5.69 Å². The van der Waals surface area contributed by atoms with Crippen LogP contribution in [0, 0.1) is 11.6 Å². The fourth-order valence-electron chi connectivity index (χ4n) is 5.16. The van der Waals surface area contributed by atoms with Gasteiger partial charge in [-0.1, -0.05) is 12.1 Å². The normalized spacial score (nSPS) is 14.5. The molecule has 0 unspecified atom stereocenters. The number of benzene rings is 2. The molecule has 6 rings (SSSR count). The average molecular weight is 559 g/mol. The van der Waals surface area contributed by atoms with Gasteiger partial charge in [0.05, 0.1) is 35.6 Å². The Bertz CT molecular complexity index is 1780. The number of aromatic amines is 1. The predicted molar refractivity (Wildman–Crippen MR) is 150 cm³/mol. The molecule has 11 heteroatoms. The van der Waals surface area contributed by atoms with Crippen LogP contribution < -0.4 is 10.9 Å². The molecule has 0 radical (unpaired) electrons.